The number of benzene rings is 8. The fraction of sp³-hybridized carbons (Fsp3) is 0.254. The van der Waals surface area contributed by atoms with E-state index in [0.717, 1.165) is 62.0 Å². The molecule has 5 heteroatoms. The van der Waals surface area contributed by atoms with E-state index >= 15 is 0 Å². The molecule has 8 aromatic carbocycles. The van der Waals surface area contributed by atoms with Gasteiger partial charge < -0.3 is 14.5 Å². The van der Waals surface area contributed by atoms with Crippen molar-refractivity contribution in [1.29, 1.82) is 0 Å². The highest BCUT2D eigenvalue weighted by Gasteiger charge is 2.35. The number of nitrogens with zero attached hydrogens (tertiary/aromatic N) is 4. The molecule has 11 rings (SSSR count). The van der Waals surface area contributed by atoms with Crippen molar-refractivity contribution < 1.29 is 4.74 Å². The average molecular weight is 997 g/mol. The lowest BCUT2D eigenvalue weighted by Gasteiger charge is -2.33. The van der Waals surface area contributed by atoms with Crippen LogP contribution in [0.5, 0.6) is 11.5 Å². The van der Waals surface area contributed by atoms with Crippen molar-refractivity contribution in [1.82, 2.24) is 9.55 Å². The zero-order valence-corrected chi connectivity index (χ0v) is 46.5. The summed E-state index contributed by atoms with van der Waals surface area (Å²) in [5.41, 5.74) is 15.8. The van der Waals surface area contributed by atoms with Gasteiger partial charge in [-0.15, -0.1) is 0 Å². The Morgan fingerprint density at radius 2 is 0.829 bits per heavy atom. The predicted octanol–water partition coefficient (Wildman–Crippen LogP) is 18.8. The van der Waals surface area contributed by atoms with Gasteiger partial charge in [0.25, 0.3) is 0 Å². The second kappa shape index (κ2) is 18.7. The summed E-state index contributed by atoms with van der Waals surface area (Å²) in [4.78, 5) is 9.99. The summed E-state index contributed by atoms with van der Waals surface area (Å²) in [5.74, 6) is 2.43. The Bertz CT molecular complexity index is 3690. The van der Waals surface area contributed by atoms with E-state index in [-0.39, 0.29) is 27.1 Å². The van der Waals surface area contributed by atoms with Crippen molar-refractivity contribution >= 4 is 44.6 Å². The summed E-state index contributed by atoms with van der Waals surface area (Å²) in [6.07, 6.45) is 1.95. The highest BCUT2D eigenvalue weighted by Crippen LogP contribution is 2.49. The van der Waals surface area contributed by atoms with Gasteiger partial charge in [0.15, 0.2) is 0 Å². The molecule has 0 radical (unpaired) electrons. The lowest BCUT2D eigenvalue weighted by Crippen LogP contribution is -2.27. The standard InChI is InChI=1S/C71H72N4O/c1-67(2,3)51-32-35-62-61(43-51)60-34-33-58(46-65(60)75(62)66-44-52(36-37-72-66)68(4,5)6)76-59-42-55(71(11,12)50-28-20-15-21-29-50)41-57(45-59)74-47-73(63-30-22-23-31-64(63)74)56-39-53(69(7,8)48-24-16-13-17-25-48)38-54(40-56)70(9,10)49-26-18-14-19-27-49/h13-46H,47H2,1-12H3. The van der Waals surface area contributed by atoms with Crippen LogP contribution in [0.3, 0.4) is 0 Å². The van der Waals surface area contributed by atoms with Crippen LogP contribution < -0.4 is 14.5 Å². The minimum atomic E-state index is -0.353. The van der Waals surface area contributed by atoms with Gasteiger partial charge in [-0.2, -0.15) is 0 Å². The lowest BCUT2D eigenvalue weighted by molar-refractivity contribution is 0.480. The molecular weight excluding hydrogens is 925 g/mol. The molecule has 0 aliphatic carbocycles. The van der Waals surface area contributed by atoms with Crippen LogP contribution in [0.2, 0.25) is 0 Å². The van der Waals surface area contributed by atoms with E-state index in [1.807, 2.05) is 6.20 Å². The number of para-hydroxylation sites is 2. The van der Waals surface area contributed by atoms with Gasteiger partial charge in [-0.1, -0.05) is 198 Å². The number of hydrogen-bond acceptors (Lipinski definition) is 4. The Morgan fingerprint density at radius 3 is 1.34 bits per heavy atom. The maximum absolute atomic E-state index is 7.22. The van der Waals surface area contributed by atoms with Crippen LogP contribution in [-0.4, -0.2) is 16.2 Å². The van der Waals surface area contributed by atoms with Gasteiger partial charge in [0.1, 0.15) is 24.0 Å². The summed E-state index contributed by atoms with van der Waals surface area (Å²) < 4.78 is 9.53. The summed E-state index contributed by atoms with van der Waals surface area (Å²) >= 11 is 0. The largest absolute Gasteiger partial charge is 0.457 e. The fourth-order valence-corrected chi connectivity index (χ4v) is 11.3. The summed E-state index contributed by atoms with van der Waals surface area (Å²) in [5, 5.41) is 2.37. The Kier molecular flexibility index (Phi) is 12.4. The van der Waals surface area contributed by atoms with Gasteiger partial charge >= 0.3 is 0 Å². The molecule has 76 heavy (non-hydrogen) atoms. The third-order valence-corrected chi connectivity index (χ3v) is 16.5. The van der Waals surface area contributed by atoms with Crippen molar-refractivity contribution in [3.05, 3.63) is 251 Å². The van der Waals surface area contributed by atoms with Crippen LogP contribution in [0.15, 0.2) is 206 Å². The molecule has 0 N–H and O–H groups in total. The van der Waals surface area contributed by atoms with Gasteiger partial charge in [0, 0.05) is 56.7 Å². The molecule has 0 unspecified atom stereocenters. The van der Waals surface area contributed by atoms with Crippen molar-refractivity contribution in [3.63, 3.8) is 0 Å². The topological polar surface area (TPSA) is 33.5 Å². The van der Waals surface area contributed by atoms with E-state index in [9.17, 15) is 0 Å². The molecular formula is C71H72N4O. The minimum Gasteiger partial charge on any atom is -0.457 e. The highest BCUT2D eigenvalue weighted by molar-refractivity contribution is 6.10. The first kappa shape index (κ1) is 50.3. The lowest BCUT2D eigenvalue weighted by atomic mass is 9.73. The minimum absolute atomic E-state index is 0.00918. The highest BCUT2D eigenvalue weighted by atomic mass is 16.5. The maximum Gasteiger partial charge on any atom is 0.137 e. The molecule has 1 aliphatic rings. The summed E-state index contributed by atoms with van der Waals surface area (Å²) in [7, 11) is 0. The molecule has 1 aliphatic heterocycles. The number of aromatic nitrogens is 2. The van der Waals surface area contributed by atoms with E-state index in [4.69, 9.17) is 9.72 Å². The van der Waals surface area contributed by atoms with Crippen LogP contribution in [0.4, 0.5) is 22.7 Å². The van der Waals surface area contributed by atoms with Gasteiger partial charge in [0.2, 0.25) is 0 Å². The van der Waals surface area contributed by atoms with Crippen LogP contribution >= 0.6 is 0 Å². The Hall–Kier alpha value is -7.89. The van der Waals surface area contributed by atoms with E-state index < -0.39 is 0 Å². The second-order valence-corrected chi connectivity index (χ2v) is 24.7. The summed E-state index contributed by atoms with van der Waals surface area (Å²) in [6, 6.07) is 73.6. The van der Waals surface area contributed by atoms with Crippen molar-refractivity contribution in [2.75, 3.05) is 16.5 Å². The molecule has 0 saturated heterocycles. The van der Waals surface area contributed by atoms with Gasteiger partial charge in [-0.25, -0.2) is 4.98 Å². The van der Waals surface area contributed by atoms with E-state index in [1.54, 1.807) is 0 Å². The molecule has 0 saturated carbocycles. The maximum atomic E-state index is 7.22. The first-order valence-corrected chi connectivity index (χ1v) is 27.0. The molecule has 0 bridgehead atoms. The molecule has 10 aromatic rings. The Morgan fingerprint density at radius 1 is 0.355 bits per heavy atom. The molecule has 5 nitrogen and oxygen atoms in total. The first-order chi connectivity index (χ1) is 36.2. The SMILES string of the molecule is CC(C)(C)c1ccnc(-n2c3ccc(C(C)(C)C)cc3c3ccc(Oc4cc(N5CN(c6cc(C(C)(C)c7ccccc7)cc(C(C)(C)c7ccccc7)c6)c6ccccc65)cc(C(C)(C)c5ccccc5)c4)cc32)c1. The quantitative estimate of drug-likeness (QED) is 0.129. The summed E-state index contributed by atoms with van der Waals surface area (Å²) in [6.45, 7) is 28.3. The molecule has 382 valence electrons. The van der Waals surface area contributed by atoms with Crippen molar-refractivity contribution in [2.24, 2.45) is 0 Å². The van der Waals surface area contributed by atoms with Crippen molar-refractivity contribution in [3.8, 4) is 17.3 Å². The molecule has 2 aromatic heterocycles. The molecule has 3 heterocycles. The van der Waals surface area contributed by atoms with Crippen LogP contribution in [0, 0.1) is 0 Å². The second-order valence-electron chi connectivity index (χ2n) is 24.7. The average Bonchev–Trinajstić information content (AvgIpc) is 4.03. The number of rotatable bonds is 11. The monoisotopic (exact) mass is 997 g/mol. The zero-order chi connectivity index (χ0) is 53.4. The number of pyridine rings is 1. The van der Waals surface area contributed by atoms with Crippen LogP contribution in [0.25, 0.3) is 27.6 Å². The number of fused-ring (bicyclic) bond motifs is 4. The van der Waals surface area contributed by atoms with Crippen LogP contribution in [0.1, 0.15) is 128 Å². The van der Waals surface area contributed by atoms with Gasteiger partial charge in [-0.05, 0) is 128 Å². The normalized spacial score (nSPS) is 13.4. The molecule has 0 amide bonds. The number of anilines is 4. The third-order valence-electron chi connectivity index (χ3n) is 16.5. The molecule has 0 spiro atoms. The van der Waals surface area contributed by atoms with Gasteiger partial charge in [0.05, 0.1) is 22.4 Å². The smallest absolute Gasteiger partial charge is 0.137 e. The third kappa shape index (κ3) is 9.14. The first-order valence-electron chi connectivity index (χ1n) is 27.0. The Labute approximate surface area is 451 Å². The van der Waals surface area contributed by atoms with Crippen LogP contribution in [-0.2, 0) is 27.1 Å². The van der Waals surface area contributed by atoms with Gasteiger partial charge in [-0.3, -0.25) is 4.57 Å². The fourth-order valence-electron chi connectivity index (χ4n) is 11.3. The predicted molar refractivity (Wildman–Crippen MR) is 320 cm³/mol. The van der Waals surface area contributed by atoms with E-state index in [2.05, 4.69) is 298 Å². The Balaban J connectivity index is 1.05. The van der Waals surface area contributed by atoms with Crippen molar-refractivity contribution in [2.45, 2.75) is 110 Å². The van der Waals surface area contributed by atoms with E-state index in [0.29, 0.717) is 6.67 Å². The number of ether oxygens (including phenoxy) is 1. The molecule has 0 fully saturated rings. The molecule has 0 atom stereocenters. The zero-order valence-electron chi connectivity index (χ0n) is 46.5. The number of hydrogen-bond donors (Lipinski definition) is 0. The van der Waals surface area contributed by atoms with E-state index in [1.165, 1.54) is 44.3 Å².